The highest BCUT2D eigenvalue weighted by atomic mass is 16.5. The average molecular weight is 332 g/mol. The topological polar surface area (TPSA) is 87.9 Å². The predicted molar refractivity (Wildman–Crippen MR) is 91.0 cm³/mol. The summed E-state index contributed by atoms with van der Waals surface area (Å²) in [6, 6.07) is 6.78. The number of rotatable bonds is 3. The minimum absolute atomic E-state index is 0.0426. The number of hydrogen-bond donors (Lipinski definition) is 2. The molecule has 3 amide bonds. The minimum atomic E-state index is -0.612. The Kier molecular flexibility index (Phi) is 5.32. The SMILES string of the molecule is NC(=O)Nc1ccc(C(=O)N2CCC(N3CCOCC3)CC2)cc1. The lowest BCUT2D eigenvalue weighted by Gasteiger charge is -2.40. The number of morpholine rings is 1. The number of piperidine rings is 1. The van der Waals surface area contributed by atoms with Crippen LogP contribution < -0.4 is 11.1 Å². The van der Waals surface area contributed by atoms with Crippen LogP contribution in [0.25, 0.3) is 0 Å². The monoisotopic (exact) mass is 332 g/mol. The first-order valence-electron chi connectivity index (χ1n) is 8.41. The molecule has 7 nitrogen and oxygen atoms in total. The van der Waals surface area contributed by atoms with Crippen molar-refractivity contribution in [2.75, 3.05) is 44.7 Å². The number of carbonyl (C=O) groups is 2. The van der Waals surface area contributed by atoms with E-state index in [-0.39, 0.29) is 5.91 Å². The van der Waals surface area contributed by atoms with E-state index >= 15 is 0 Å². The van der Waals surface area contributed by atoms with Crippen molar-refractivity contribution < 1.29 is 14.3 Å². The number of nitrogens with one attached hydrogen (secondary N) is 1. The van der Waals surface area contributed by atoms with Gasteiger partial charge in [0.1, 0.15) is 0 Å². The first kappa shape index (κ1) is 16.7. The fourth-order valence-corrected chi connectivity index (χ4v) is 3.40. The van der Waals surface area contributed by atoms with Crippen LogP contribution in [0.1, 0.15) is 23.2 Å². The summed E-state index contributed by atoms with van der Waals surface area (Å²) in [6.45, 7) is 5.17. The van der Waals surface area contributed by atoms with Gasteiger partial charge >= 0.3 is 6.03 Å². The molecule has 0 atom stereocenters. The molecule has 0 spiro atoms. The number of carbonyl (C=O) groups excluding carboxylic acids is 2. The van der Waals surface area contributed by atoms with Crippen LogP contribution in [0.2, 0.25) is 0 Å². The fourth-order valence-electron chi connectivity index (χ4n) is 3.40. The molecule has 0 unspecified atom stereocenters. The van der Waals surface area contributed by atoms with E-state index < -0.39 is 6.03 Å². The van der Waals surface area contributed by atoms with Gasteiger partial charge in [-0.1, -0.05) is 0 Å². The maximum Gasteiger partial charge on any atom is 0.316 e. The molecule has 0 aromatic heterocycles. The van der Waals surface area contributed by atoms with Gasteiger partial charge in [0.05, 0.1) is 13.2 Å². The van der Waals surface area contributed by atoms with Crippen molar-refractivity contribution in [1.29, 1.82) is 0 Å². The van der Waals surface area contributed by atoms with E-state index in [2.05, 4.69) is 10.2 Å². The minimum Gasteiger partial charge on any atom is -0.379 e. The fraction of sp³-hybridized carbons (Fsp3) is 0.529. The Morgan fingerprint density at radius 1 is 1.04 bits per heavy atom. The summed E-state index contributed by atoms with van der Waals surface area (Å²) >= 11 is 0. The zero-order chi connectivity index (χ0) is 16.9. The highest BCUT2D eigenvalue weighted by molar-refractivity contribution is 5.95. The van der Waals surface area contributed by atoms with Gasteiger partial charge in [-0.3, -0.25) is 9.69 Å². The van der Waals surface area contributed by atoms with E-state index in [1.54, 1.807) is 24.3 Å². The van der Waals surface area contributed by atoms with E-state index in [4.69, 9.17) is 10.5 Å². The molecule has 7 heteroatoms. The Morgan fingerprint density at radius 3 is 2.25 bits per heavy atom. The number of primary amides is 1. The van der Waals surface area contributed by atoms with Crippen molar-refractivity contribution in [3.8, 4) is 0 Å². The molecule has 2 heterocycles. The summed E-state index contributed by atoms with van der Waals surface area (Å²) in [5.74, 6) is 0.0426. The second-order valence-corrected chi connectivity index (χ2v) is 6.24. The Bertz CT molecular complexity index is 576. The molecule has 0 aliphatic carbocycles. The van der Waals surface area contributed by atoms with Crippen molar-refractivity contribution >= 4 is 17.6 Å². The highest BCUT2D eigenvalue weighted by Gasteiger charge is 2.28. The van der Waals surface area contributed by atoms with Gasteiger partial charge in [-0.15, -0.1) is 0 Å². The second-order valence-electron chi connectivity index (χ2n) is 6.24. The Labute approximate surface area is 141 Å². The molecule has 3 N–H and O–H groups in total. The number of hydrogen-bond acceptors (Lipinski definition) is 4. The third-order valence-corrected chi connectivity index (χ3v) is 4.71. The van der Waals surface area contributed by atoms with E-state index in [1.165, 1.54) is 0 Å². The zero-order valence-electron chi connectivity index (χ0n) is 13.7. The summed E-state index contributed by atoms with van der Waals surface area (Å²) in [5.41, 5.74) is 6.30. The lowest BCUT2D eigenvalue weighted by Crippen LogP contribution is -2.50. The molecule has 1 aromatic rings. The summed E-state index contributed by atoms with van der Waals surface area (Å²) in [4.78, 5) is 27.8. The van der Waals surface area contributed by atoms with Gasteiger partial charge < -0.3 is 20.7 Å². The van der Waals surface area contributed by atoms with Crippen molar-refractivity contribution in [2.45, 2.75) is 18.9 Å². The first-order valence-corrected chi connectivity index (χ1v) is 8.41. The van der Waals surface area contributed by atoms with E-state index in [9.17, 15) is 9.59 Å². The normalized spacial score (nSPS) is 19.9. The number of likely N-dealkylation sites (tertiary alicyclic amines) is 1. The largest absolute Gasteiger partial charge is 0.379 e. The standard InChI is InChI=1S/C17H24N4O3/c18-17(23)19-14-3-1-13(2-4-14)16(22)21-7-5-15(6-8-21)20-9-11-24-12-10-20/h1-4,15H,5-12H2,(H3,18,19,23). The number of ether oxygens (including phenoxy) is 1. The van der Waals surface area contributed by atoms with E-state index in [0.717, 1.165) is 52.2 Å². The molecular formula is C17H24N4O3. The summed E-state index contributed by atoms with van der Waals surface area (Å²) in [6.07, 6.45) is 2.01. The summed E-state index contributed by atoms with van der Waals surface area (Å²) < 4.78 is 5.40. The highest BCUT2D eigenvalue weighted by Crippen LogP contribution is 2.20. The van der Waals surface area contributed by atoms with Gasteiger partial charge in [0.25, 0.3) is 5.91 Å². The summed E-state index contributed by atoms with van der Waals surface area (Å²) in [5, 5.41) is 2.49. The number of amides is 3. The van der Waals surface area contributed by atoms with Gasteiger partial charge in [0.2, 0.25) is 0 Å². The molecule has 0 radical (unpaired) electrons. The Morgan fingerprint density at radius 2 is 1.67 bits per heavy atom. The van der Waals surface area contributed by atoms with Crippen LogP contribution in [0.5, 0.6) is 0 Å². The van der Waals surface area contributed by atoms with Crippen LogP contribution in [0.15, 0.2) is 24.3 Å². The van der Waals surface area contributed by atoms with Crippen LogP contribution in [-0.2, 0) is 4.74 Å². The number of urea groups is 1. The molecule has 0 saturated carbocycles. The number of nitrogens with two attached hydrogens (primary N) is 1. The molecule has 0 bridgehead atoms. The van der Waals surface area contributed by atoms with Crippen LogP contribution >= 0.6 is 0 Å². The Balaban J connectivity index is 1.53. The molecule has 2 saturated heterocycles. The van der Waals surface area contributed by atoms with Crippen molar-refractivity contribution in [2.24, 2.45) is 5.73 Å². The van der Waals surface area contributed by atoms with Crippen LogP contribution in [-0.4, -0.2) is 67.2 Å². The number of benzene rings is 1. The van der Waals surface area contributed by atoms with Crippen LogP contribution in [0, 0.1) is 0 Å². The quantitative estimate of drug-likeness (QED) is 0.868. The van der Waals surface area contributed by atoms with Gasteiger partial charge in [-0.05, 0) is 37.1 Å². The lowest BCUT2D eigenvalue weighted by atomic mass is 10.0. The molecular weight excluding hydrogens is 308 g/mol. The van der Waals surface area contributed by atoms with Crippen LogP contribution in [0.4, 0.5) is 10.5 Å². The maximum absolute atomic E-state index is 12.6. The molecule has 2 aliphatic heterocycles. The lowest BCUT2D eigenvalue weighted by molar-refractivity contribution is 0.00159. The molecule has 2 aliphatic rings. The number of nitrogens with zero attached hydrogens (tertiary/aromatic N) is 2. The average Bonchev–Trinajstić information content (AvgIpc) is 2.62. The third-order valence-electron chi connectivity index (χ3n) is 4.71. The second kappa shape index (κ2) is 7.63. The summed E-state index contributed by atoms with van der Waals surface area (Å²) in [7, 11) is 0. The number of anilines is 1. The zero-order valence-corrected chi connectivity index (χ0v) is 13.7. The van der Waals surface area contributed by atoms with Crippen molar-refractivity contribution in [3.63, 3.8) is 0 Å². The van der Waals surface area contributed by atoms with Gasteiger partial charge in [-0.2, -0.15) is 0 Å². The van der Waals surface area contributed by atoms with Crippen molar-refractivity contribution in [1.82, 2.24) is 9.80 Å². The van der Waals surface area contributed by atoms with Gasteiger partial charge in [-0.25, -0.2) is 4.79 Å². The molecule has 130 valence electrons. The smallest absolute Gasteiger partial charge is 0.316 e. The maximum atomic E-state index is 12.6. The Hall–Kier alpha value is -2.12. The molecule has 1 aromatic carbocycles. The molecule has 2 fully saturated rings. The predicted octanol–water partition coefficient (Wildman–Crippen LogP) is 1.11. The van der Waals surface area contributed by atoms with Gasteiger partial charge in [0, 0.05) is 43.5 Å². The molecule has 3 rings (SSSR count). The van der Waals surface area contributed by atoms with Crippen molar-refractivity contribution in [3.05, 3.63) is 29.8 Å². The first-order chi connectivity index (χ1) is 11.6. The molecule has 24 heavy (non-hydrogen) atoms. The van der Waals surface area contributed by atoms with E-state index in [1.807, 2.05) is 4.90 Å². The van der Waals surface area contributed by atoms with E-state index in [0.29, 0.717) is 17.3 Å². The van der Waals surface area contributed by atoms with Gasteiger partial charge in [0.15, 0.2) is 0 Å². The third kappa shape index (κ3) is 4.04. The van der Waals surface area contributed by atoms with Crippen LogP contribution in [0.3, 0.4) is 0 Å².